The number of hydrogen-bond acceptors (Lipinski definition) is 5. The zero-order chi connectivity index (χ0) is 13.2. The van der Waals surface area contributed by atoms with Crippen molar-refractivity contribution in [1.29, 1.82) is 0 Å². The second kappa shape index (κ2) is 4.52. The fourth-order valence-corrected chi connectivity index (χ4v) is 1.74. The fourth-order valence-electron chi connectivity index (χ4n) is 1.74. The first-order valence-corrected chi connectivity index (χ1v) is 5.74. The van der Waals surface area contributed by atoms with Gasteiger partial charge in [-0.15, -0.1) is 0 Å². The Morgan fingerprint density at radius 2 is 2.00 bits per heavy atom. The smallest absolute Gasteiger partial charge is 0.359 e. The van der Waals surface area contributed by atoms with Crippen molar-refractivity contribution in [1.82, 2.24) is 24.9 Å². The molecule has 0 N–H and O–H groups in total. The van der Waals surface area contributed by atoms with Crippen LogP contribution in [0.5, 0.6) is 0 Å². The number of aromatic nitrogens is 5. The summed E-state index contributed by atoms with van der Waals surface area (Å²) in [5, 5.41) is 11.4. The van der Waals surface area contributed by atoms with Crippen molar-refractivity contribution in [3.63, 3.8) is 0 Å². The Hall–Kier alpha value is -2.70. The lowest BCUT2D eigenvalue weighted by atomic mass is 10.3. The minimum Gasteiger partial charge on any atom is -0.359 e. The standard InChI is InChI=1S/C12H11N5O2/c1-9-7-11(19-13-9)8-16-12(18)17(15-14-16)10-5-3-2-4-6-10/h2-7H,8H2,1H3. The van der Waals surface area contributed by atoms with Crippen molar-refractivity contribution in [2.45, 2.75) is 13.5 Å². The van der Waals surface area contributed by atoms with Crippen molar-refractivity contribution in [3.8, 4) is 5.69 Å². The Bertz CT molecular complexity index is 741. The van der Waals surface area contributed by atoms with Crippen molar-refractivity contribution in [3.05, 3.63) is 58.3 Å². The van der Waals surface area contributed by atoms with Crippen LogP contribution in [-0.4, -0.2) is 24.9 Å². The molecule has 0 saturated heterocycles. The SMILES string of the molecule is Cc1cc(Cn2nnn(-c3ccccc3)c2=O)on1. The topological polar surface area (TPSA) is 78.7 Å². The van der Waals surface area contributed by atoms with E-state index in [-0.39, 0.29) is 12.2 Å². The molecule has 0 unspecified atom stereocenters. The second-order valence-electron chi connectivity index (χ2n) is 4.10. The third-order valence-electron chi connectivity index (χ3n) is 2.62. The minimum absolute atomic E-state index is 0.215. The third kappa shape index (κ3) is 2.17. The monoisotopic (exact) mass is 257 g/mol. The average Bonchev–Trinajstić information content (AvgIpc) is 2.99. The van der Waals surface area contributed by atoms with Gasteiger partial charge in [-0.25, -0.2) is 4.79 Å². The molecule has 7 nitrogen and oxygen atoms in total. The van der Waals surface area contributed by atoms with E-state index in [4.69, 9.17) is 4.52 Å². The number of aryl methyl sites for hydroxylation is 1. The van der Waals surface area contributed by atoms with Gasteiger partial charge >= 0.3 is 5.69 Å². The summed E-state index contributed by atoms with van der Waals surface area (Å²) < 4.78 is 7.52. The van der Waals surface area contributed by atoms with Gasteiger partial charge in [0, 0.05) is 6.07 Å². The van der Waals surface area contributed by atoms with Crippen LogP contribution in [0.2, 0.25) is 0 Å². The number of para-hydroxylation sites is 1. The Labute approximate surface area is 108 Å². The Morgan fingerprint density at radius 1 is 1.21 bits per heavy atom. The number of nitrogens with zero attached hydrogens (tertiary/aromatic N) is 5. The summed E-state index contributed by atoms with van der Waals surface area (Å²) in [6.07, 6.45) is 0. The quantitative estimate of drug-likeness (QED) is 0.692. The molecule has 0 atom stereocenters. The summed E-state index contributed by atoms with van der Waals surface area (Å²) in [5.41, 5.74) is 1.12. The molecule has 0 fully saturated rings. The summed E-state index contributed by atoms with van der Waals surface area (Å²) in [7, 11) is 0. The molecule has 2 heterocycles. The molecule has 7 heteroatoms. The van der Waals surface area contributed by atoms with Gasteiger partial charge in [0.1, 0.15) is 6.54 Å². The lowest BCUT2D eigenvalue weighted by Gasteiger charge is -1.96. The molecule has 3 rings (SSSR count). The summed E-state index contributed by atoms with van der Waals surface area (Å²) in [4.78, 5) is 12.1. The predicted molar refractivity (Wildman–Crippen MR) is 66.0 cm³/mol. The lowest BCUT2D eigenvalue weighted by molar-refractivity contribution is 0.365. The van der Waals surface area contributed by atoms with E-state index in [2.05, 4.69) is 15.6 Å². The molecule has 2 aromatic heterocycles. The lowest BCUT2D eigenvalue weighted by Crippen LogP contribution is -2.24. The van der Waals surface area contributed by atoms with Crippen LogP contribution >= 0.6 is 0 Å². The Balaban J connectivity index is 1.93. The van der Waals surface area contributed by atoms with Crippen molar-refractivity contribution >= 4 is 0 Å². The first-order chi connectivity index (χ1) is 9.24. The van der Waals surface area contributed by atoms with Gasteiger partial charge in [-0.1, -0.05) is 23.4 Å². The highest BCUT2D eigenvalue weighted by Crippen LogP contribution is 2.04. The molecule has 0 saturated carbocycles. The van der Waals surface area contributed by atoms with E-state index in [1.54, 1.807) is 18.2 Å². The van der Waals surface area contributed by atoms with Gasteiger partial charge in [0.2, 0.25) is 0 Å². The van der Waals surface area contributed by atoms with E-state index >= 15 is 0 Å². The fraction of sp³-hybridized carbons (Fsp3) is 0.167. The van der Waals surface area contributed by atoms with Crippen LogP contribution in [-0.2, 0) is 6.54 Å². The Morgan fingerprint density at radius 3 is 2.68 bits per heavy atom. The van der Waals surface area contributed by atoms with Gasteiger partial charge < -0.3 is 4.52 Å². The van der Waals surface area contributed by atoms with Crippen LogP contribution in [0.1, 0.15) is 11.5 Å². The molecule has 0 bridgehead atoms. The van der Waals surface area contributed by atoms with Crippen molar-refractivity contribution in [2.75, 3.05) is 0 Å². The maximum atomic E-state index is 12.1. The first-order valence-electron chi connectivity index (χ1n) is 5.74. The van der Waals surface area contributed by atoms with E-state index in [0.717, 1.165) is 5.69 Å². The highest BCUT2D eigenvalue weighted by Gasteiger charge is 2.10. The van der Waals surface area contributed by atoms with Crippen molar-refractivity contribution < 1.29 is 4.52 Å². The molecule has 0 aliphatic heterocycles. The number of hydrogen-bond donors (Lipinski definition) is 0. The molecular weight excluding hydrogens is 246 g/mol. The summed E-state index contributed by atoms with van der Waals surface area (Å²) in [5.74, 6) is 0.569. The molecule has 0 amide bonds. The van der Waals surface area contributed by atoms with Gasteiger partial charge in [0.25, 0.3) is 0 Å². The first kappa shape index (κ1) is 11.4. The molecule has 19 heavy (non-hydrogen) atoms. The average molecular weight is 257 g/mol. The van der Waals surface area contributed by atoms with Gasteiger partial charge in [-0.3, -0.25) is 0 Å². The van der Waals surface area contributed by atoms with Crippen LogP contribution < -0.4 is 5.69 Å². The highest BCUT2D eigenvalue weighted by atomic mass is 16.5. The van der Waals surface area contributed by atoms with Crippen LogP contribution in [0, 0.1) is 6.92 Å². The summed E-state index contributed by atoms with van der Waals surface area (Å²) in [6.45, 7) is 2.03. The zero-order valence-electron chi connectivity index (χ0n) is 10.2. The molecule has 0 aliphatic rings. The number of tetrazole rings is 1. The highest BCUT2D eigenvalue weighted by molar-refractivity contribution is 5.28. The number of rotatable bonds is 3. The minimum atomic E-state index is -0.319. The van der Waals surface area contributed by atoms with Gasteiger partial charge in [0.05, 0.1) is 11.4 Å². The molecule has 3 aromatic rings. The van der Waals surface area contributed by atoms with Crippen LogP contribution in [0.25, 0.3) is 5.69 Å². The van der Waals surface area contributed by atoms with Gasteiger partial charge in [0.15, 0.2) is 5.76 Å². The normalized spacial score (nSPS) is 10.8. The maximum Gasteiger partial charge on any atom is 0.368 e. The molecule has 0 spiro atoms. The van der Waals surface area contributed by atoms with Crippen LogP contribution in [0.4, 0.5) is 0 Å². The largest absolute Gasteiger partial charge is 0.368 e. The van der Waals surface area contributed by atoms with E-state index in [1.165, 1.54) is 9.36 Å². The second-order valence-corrected chi connectivity index (χ2v) is 4.10. The van der Waals surface area contributed by atoms with Crippen molar-refractivity contribution in [2.24, 2.45) is 0 Å². The molecule has 96 valence electrons. The van der Waals surface area contributed by atoms with E-state index in [1.807, 2.05) is 25.1 Å². The summed E-state index contributed by atoms with van der Waals surface area (Å²) >= 11 is 0. The third-order valence-corrected chi connectivity index (χ3v) is 2.62. The molecular formula is C12H11N5O2. The molecule has 0 radical (unpaired) electrons. The van der Waals surface area contributed by atoms with Gasteiger partial charge in [-0.2, -0.15) is 9.36 Å². The van der Waals surface area contributed by atoms with E-state index in [0.29, 0.717) is 11.4 Å². The maximum absolute atomic E-state index is 12.1. The van der Waals surface area contributed by atoms with E-state index in [9.17, 15) is 4.79 Å². The van der Waals surface area contributed by atoms with E-state index < -0.39 is 0 Å². The van der Waals surface area contributed by atoms with Gasteiger partial charge in [-0.05, 0) is 29.5 Å². The molecule has 0 aliphatic carbocycles. The van der Waals surface area contributed by atoms with Crippen LogP contribution in [0.3, 0.4) is 0 Å². The summed E-state index contributed by atoms with van der Waals surface area (Å²) in [6, 6.07) is 10.9. The zero-order valence-corrected chi connectivity index (χ0v) is 10.2. The predicted octanol–water partition coefficient (Wildman–Crippen LogP) is 0.774. The number of benzene rings is 1. The van der Waals surface area contributed by atoms with Crippen LogP contribution in [0.15, 0.2) is 45.7 Å². The molecule has 1 aromatic carbocycles. The Kier molecular flexibility index (Phi) is 2.71.